The lowest BCUT2D eigenvalue weighted by atomic mass is 10.2. The first kappa shape index (κ1) is 16.1. The number of hydrogen-bond donors (Lipinski definition) is 4. The van der Waals surface area contributed by atoms with Crippen molar-refractivity contribution in [1.29, 1.82) is 0 Å². The molecule has 0 unspecified atom stereocenters. The number of nitrogens with zero attached hydrogens (tertiary/aromatic N) is 3. The number of non-ortho nitro benzene ring substituents is 1. The second-order valence-electron chi connectivity index (χ2n) is 4.47. The molecule has 0 spiro atoms. The van der Waals surface area contributed by atoms with E-state index in [0.717, 1.165) is 0 Å². The Labute approximate surface area is 131 Å². The molecule has 10 heteroatoms. The van der Waals surface area contributed by atoms with Gasteiger partial charge in [-0.2, -0.15) is 4.98 Å². The van der Waals surface area contributed by atoms with Crippen LogP contribution in [0.3, 0.4) is 0 Å². The number of carbonyl (C=O) groups is 1. The number of anilines is 3. The number of nitro groups is 1. The molecule has 0 atom stereocenters. The van der Waals surface area contributed by atoms with Crippen molar-refractivity contribution in [2.75, 3.05) is 23.7 Å². The molecule has 0 radical (unpaired) electrons. The third-order valence-electron chi connectivity index (χ3n) is 2.80. The van der Waals surface area contributed by atoms with E-state index in [1.165, 1.54) is 24.4 Å². The van der Waals surface area contributed by atoms with Gasteiger partial charge in [0.1, 0.15) is 11.4 Å². The van der Waals surface area contributed by atoms with E-state index >= 15 is 0 Å². The van der Waals surface area contributed by atoms with E-state index in [-0.39, 0.29) is 23.0 Å². The van der Waals surface area contributed by atoms with Crippen molar-refractivity contribution >= 4 is 29.0 Å². The van der Waals surface area contributed by atoms with Gasteiger partial charge in [0, 0.05) is 37.1 Å². The Bertz CT molecular complexity index is 735. The molecule has 10 nitrogen and oxygen atoms in total. The molecule has 0 aliphatic heterocycles. The molecule has 2 aromatic rings. The molecule has 1 aromatic heterocycles. The monoisotopic (exact) mass is 317 g/mol. The average molecular weight is 317 g/mol. The molecule has 120 valence electrons. The van der Waals surface area contributed by atoms with Gasteiger partial charge in [-0.3, -0.25) is 14.9 Å². The molecule has 0 aliphatic carbocycles. The Balaban J connectivity index is 2.34. The van der Waals surface area contributed by atoms with Crippen LogP contribution in [0.1, 0.15) is 10.4 Å². The highest BCUT2D eigenvalue weighted by atomic mass is 16.6. The summed E-state index contributed by atoms with van der Waals surface area (Å²) >= 11 is 0. The van der Waals surface area contributed by atoms with E-state index < -0.39 is 10.8 Å². The minimum Gasteiger partial charge on any atom is -0.365 e. The summed E-state index contributed by atoms with van der Waals surface area (Å²) in [5.74, 6) is -0.316. The van der Waals surface area contributed by atoms with Crippen molar-refractivity contribution in [2.24, 2.45) is 11.5 Å². The van der Waals surface area contributed by atoms with Crippen LogP contribution in [0.5, 0.6) is 0 Å². The van der Waals surface area contributed by atoms with Gasteiger partial charge >= 0.3 is 0 Å². The molecular formula is C13H15N7O3. The number of aromatic nitrogens is 2. The van der Waals surface area contributed by atoms with E-state index in [2.05, 4.69) is 20.6 Å². The number of nitrogens with two attached hydrogens (primary N) is 2. The van der Waals surface area contributed by atoms with Gasteiger partial charge in [-0.05, 0) is 6.07 Å². The summed E-state index contributed by atoms with van der Waals surface area (Å²) in [7, 11) is 0. The molecule has 0 saturated carbocycles. The average Bonchev–Trinajstić information content (AvgIpc) is 2.53. The van der Waals surface area contributed by atoms with E-state index in [1.807, 2.05) is 0 Å². The van der Waals surface area contributed by atoms with Crippen molar-refractivity contribution in [3.05, 3.63) is 46.1 Å². The number of amides is 1. The summed E-state index contributed by atoms with van der Waals surface area (Å²) in [4.78, 5) is 29.9. The maximum absolute atomic E-state index is 11.5. The normalized spacial score (nSPS) is 10.1. The van der Waals surface area contributed by atoms with Crippen molar-refractivity contribution < 1.29 is 9.72 Å². The van der Waals surface area contributed by atoms with Gasteiger partial charge in [0.05, 0.1) is 4.92 Å². The predicted molar refractivity (Wildman–Crippen MR) is 84.5 cm³/mol. The van der Waals surface area contributed by atoms with Gasteiger partial charge in [-0.25, -0.2) is 4.98 Å². The zero-order chi connectivity index (χ0) is 16.8. The molecule has 0 aliphatic rings. The van der Waals surface area contributed by atoms with E-state index in [0.29, 0.717) is 18.8 Å². The zero-order valence-electron chi connectivity index (χ0n) is 12.0. The molecule has 1 aromatic carbocycles. The maximum atomic E-state index is 11.5. The molecule has 23 heavy (non-hydrogen) atoms. The lowest BCUT2D eigenvalue weighted by molar-refractivity contribution is -0.384. The fourth-order valence-corrected chi connectivity index (χ4v) is 1.76. The van der Waals surface area contributed by atoms with Crippen LogP contribution in [0.4, 0.5) is 23.1 Å². The largest absolute Gasteiger partial charge is 0.365 e. The molecule has 0 fully saturated rings. The number of nitro benzene ring substituents is 1. The number of benzene rings is 1. The van der Waals surface area contributed by atoms with Gasteiger partial charge in [0.25, 0.3) is 11.6 Å². The lowest BCUT2D eigenvalue weighted by Gasteiger charge is -2.11. The topological polar surface area (TPSA) is 162 Å². The minimum absolute atomic E-state index is 0.0646. The number of rotatable bonds is 7. The Morgan fingerprint density at radius 2 is 2.17 bits per heavy atom. The highest BCUT2D eigenvalue weighted by Gasteiger charge is 2.13. The van der Waals surface area contributed by atoms with Crippen LogP contribution in [0.15, 0.2) is 30.5 Å². The van der Waals surface area contributed by atoms with Gasteiger partial charge in [-0.15, -0.1) is 0 Å². The first-order valence-electron chi connectivity index (χ1n) is 6.63. The second-order valence-corrected chi connectivity index (χ2v) is 4.47. The molecule has 1 amide bonds. The van der Waals surface area contributed by atoms with E-state index in [9.17, 15) is 14.9 Å². The zero-order valence-corrected chi connectivity index (χ0v) is 12.0. The molecule has 6 N–H and O–H groups in total. The summed E-state index contributed by atoms with van der Waals surface area (Å²) in [5.41, 5.74) is 11.0. The first-order valence-corrected chi connectivity index (χ1v) is 6.63. The predicted octanol–water partition coefficient (Wildman–Crippen LogP) is 0.598. The van der Waals surface area contributed by atoms with Crippen LogP contribution in [0.25, 0.3) is 0 Å². The van der Waals surface area contributed by atoms with Crippen LogP contribution in [-0.2, 0) is 0 Å². The molecule has 0 saturated heterocycles. The Morgan fingerprint density at radius 1 is 1.39 bits per heavy atom. The molecular weight excluding hydrogens is 302 g/mol. The third kappa shape index (κ3) is 4.11. The highest BCUT2D eigenvalue weighted by Crippen LogP contribution is 2.23. The number of nitrogens with one attached hydrogen (secondary N) is 2. The van der Waals surface area contributed by atoms with Gasteiger partial charge in [0.15, 0.2) is 0 Å². The van der Waals surface area contributed by atoms with E-state index in [4.69, 9.17) is 11.5 Å². The fraction of sp³-hybridized carbons (Fsp3) is 0.154. The van der Waals surface area contributed by atoms with Crippen LogP contribution in [0.2, 0.25) is 0 Å². The summed E-state index contributed by atoms with van der Waals surface area (Å²) in [5, 5.41) is 16.5. The van der Waals surface area contributed by atoms with E-state index in [1.54, 1.807) is 6.07 Å². The number of carbonyl (C=O) groups excluding carboxylic acids is 1. The summed E-state index contributed by atoms with van der Waals surface area (Å²) in [6.07, 6.45) is 1.27. The highest BCUT2D eigenvalue weighted by molar-refractivity contribution is 5.98. The van der Waals surface area contributed by atoms with Gasteiger partial charge in [0.2, 0.25) is 5.95 Å². The number of primary amides is 1. The van der Waals surface area contributed by atoms with Crippen molar-refractivity contribution in [1.82, 2.24) is 9.97 Å². The quantitative estimate of drug-likeness (QED) is 0.426. The second kappa shape index (κ2) is 7.13. The van der Waals surface area contributed by atoms with Crippen LogP contribution >= 0.6 is 0 Å². The lowest BCUT2D eigenvalue weighted by Crippen LogP contribution is -2.18. The molecule has 2 rings (SSSR count). The number of hydrogen-bond acceptors (Lipinski definition) is 8. The molecule has 0 bridgehead atoms. The van der Waals surface area contributed by atoms with Crippen molar-refractivity contribution in [3.8, 4) is 0 Å². The molecule has 1 heterocycles. The maximum Gasteiger partial charge on any atom is 0.271 e. The van der Waals surface area contributed by atoms with Crippen LogP contribution in [-0.4, -0.2) is 33.9 Å². The standard InChI is InChI=1S/C13H15N7O3/c14-4-5-16-13-17-7-10(11(15)21)12(19-13)18-8-2-1-3-9(6-8)20(22)23/h1-3,6-7H,4-5,14H2,(H2,15,21)(H2,16,17,18,19). The summed E-state index contributed by atoms with van der Waals surface area (Å²) in [6.45, 7) is 0.834. The van der Waals surface area contributed by atoms with Crippen LogP contribution in [0, 0.1) is 10.1 Å². The summed E-state index contributed by atoms with van der Waals surface area (Å²) < 4.78 is 0. The first-order chi connectivity index (χ1) is 11.0. The van der Waals surface area contributed by atoms with Crippen LogP contribution < -0.4 is 22.1 Å². The minimum atomic E-state index is -0.719. The van der Waals surface area contributed by atoms with Gasteiger partial charge < -0.3 is 22.1 Å². The summed E-state index contributed by atoms with van der Waals surface area (Å²) in [6, 6.07) is 5.79. The van der Waals surface area contributed by atoms with Crippen molar-refractivity contribution in [3.63, 3.8) is 0 Å². The van der Waals surface area contributed by atoms with Gasteiger partial charge in [-0.1, -0.05) is 6.07 Å². The SMILES string of the molecule is NCCNc1ncc(C(N)=O)c(Nc2cccc([N+](=O)[O-])c2)n1. The third-order valence-corrected chi connectivity index (χ3v) is 2.80. The Morgan fingerprint density at radius 3 is 2.83 bits per heavy atom. The Kier molecular flexibility index (Phi) is 5.00. The fourth-order valence-electron chi connectivity index (χ4n) is 1.76. The smallest absolute Gasteiger partial charge is 0.271 e. The Hall–Kier alpha value is -3.27. The van der Waals surface area contributed by atoms with Crippen molar-refractivity contribution in [2.45, 2.75) is 0 Å².